The topological polar surface area (TPSA) is 6.48 Å². The Labute approximate surface area is 325 Å². The average Bonchev–Trinajstić information content (AvgIpc) is 3.26. The molecule has 11 aromatic rings. The quantitative estimate of drug-likeness (QED) is 0.158. The minimum absolute atomic E-state index is 1.12. The van der Waals surface area contributed by atoms with Crippen LogP contribution in [0.25, 0.3) is 64.6 Å². The van der Waals surface area contributed by atoms with Crippen molar-refractivity contribution in [2.45, 2.75) is 0 Å². The molecule has 0 saturated heterocycles. The summed E-state index contributed by atoms with van der Waals surface area (Å²) in [6.07, 6.45) is 0. The van der Waals surface area contributed by atoms with Crippen molar-refractivity contribution in [1.29, 1.82) is 0 Å². The van der Waals surface area contributed by atoms with Crippen LogP contribution in [0.15, 0.2) is 218 Å². The first-order chi connectivity index (χ1) is 27.7. The van der Waals surface area contributed by atoms with Crippen LogP contribution in [0.1, 0.15) is 0 Å². The van der Waals surface area contributed by atoms with Gasteiger partial charge in [-0.25, -0.2) is 0 Å². The summed E-state index contributed by atoms with van der Waals surface area (Å²) in [6, 6.07) is 79.8. The Balaban J connectivity index is 1.04. The molecule has 0 aromatic heterocycles. The van der Waals surface area contributed by atoms with E-state index in [1.54, 1.807) is 0 Å². The van der Waals surface area contributed by atoms with E-state index in [1.807, 2.05) is 0 Å². The minimum Gasteiger partial charge on any atom is -0.310 e. The molecule has 0 bridgehead atoms. The van der Waals surface area contributed by atoms with E-state index >= 15 is 0 Å². The number of rotatable bonds is 6. The molecule has 0 spiro atoms. The average molecular weight is 713 g/mol. The van der Waals surface area contributed by atoms with E-state index in [0.717, 1.165) is 34.1 Å². The lowest BCUT2D eigenvalue weighted by molar-refractivity contribution is 1.30. The molecule has 0 N–H and O–H groups in total. The van der Waals surface area contributed by atoms with E-state index in [2.05, 4.69) is 228 Å². The lowest BCUT2D eigenvalue weighted by Gasteiger charge is -2.27. The van der Waals surface area contributed by atoms with Crippen molar-refractivity contribution in [3.63, 3.8) is 0 Å². The van der Waals surface area contributed by atoms with Crippen molar-refractivity contribution >= 4 is 98.8 Å². The standard InChI is InChI=1S/C54H36N2/c1-5-13-41-31-47(23-19-37(41)9-1)55(48-24-20-38-10-2-6-14-42(38)32-48)51-27-29-53-45(35-51)17-18-46-36-52(28-30-54(46)53)56(49-25-21-39-11-3-7-15-43(39)33-49)50-26-22-40-12-4-8-16-44(40)34-50/h1-36H. The number of fused-ring (bicyclic) bond motifs is 7. The molecule has 0 heterocycles. The van der Waals surface area contributed by atoms with E-state index < -0.39 is 0 Å². The van der Waals surface area contributed by atoms with Gasteiger partial charge >= 0.3 is 0 Å². The second kappa shape index (κ2) is 13.2. The van der Waals surface area contributed by atoms with Crippen molar-refractivity contribution < 1.29 is 0 Å². The number of benzene rings is 11. The third kappa shape index (κ3) is 5.59. The molecular formula is C54H36N2. The van der Waals surface area contributed by atoms with Crippen LogP contribution in [0.2, 0.25) is 0 Å². The highest BCUT2D eigenvalue weighted by Gasteiger charge is 2.17. The summed E-state index contributed by atoms with van der Waals surface area (Å²) in [5, 5.41) is 14.7. The van der Waals surface area contributed by atoms with Crippen LogP contribution in [-0.4, -0.2) is 0 Å². The lowest BCUT2D eigenvalue weighted by atomic mass is 9.99. The molecule has 56 heavy (non-hydrogen) atoms. The molecular weight excluding hydrogens is 677 g/mol. The highest BCUT2D eigenvalue weighted by Crippen LogP contribution is 2.42. The van der Waals surface area contributed by atoms with Gasteiger partial charge in [-0.15, -0.1) is 0 Å². The second-order valence-corrected chi connectivity index (χ2v) is 14.7. The first-order valence-electron chi connectivity index (χ1n) is 19.2. The summed E-state index contributed by atoms with van der Waals surface area (Å²) < 4.78 is 0. The predicted molar refractivity (Wildman–Crippen MR) is 241 cm³/mol. The first kappa shape index (κ1) is 32.0. The molecule has 0 fully saturated rings. The van der Waals surface area contributed by atoms with Gasteiger partial charge in [0, 0.05) is 34.1 Å². The first-order valence-corrected chi connectivity index (χ1v) is 19.2. The zero-order valence-electron chi connectivity index (χ0n) is 30.7. The highest BCUT2D eigenvalue weighted by atomic mass is 15.1. The molecule has 0 atom stereocenters. The van der Waals surface area contributed by atoms with E-state index in [-0.39, 0.29) is 0 Å². The summed E-state index contributed by atoms with van der Waals surface area (Å²) in [5.74, 6) is 0. The van der Waals surface area contributed by atoms with Gasteiger partial charge in [-0.1, -0.05) is 146 Å². The Kier molecular flexibility index (Phi) is 7.53. The molecule has 0 aliphatic carbocycles. The molecule has 262 valence electrons. The van der Waals surface area contributed by atoms with Gasteiger partial charge in [-0.2, -0.15) is 0 Å². The molecule has 0 radical (unpaired) electrons. The van der Waals surface area contributed by atoms with Crippen molar-refractivity contribution in [3.05, 3.63) is 218 Å². The van der Waals surface area contributed by atoms with Gasteiger partial charge in [0.25, 0.3) is 0 Å². The zero-order valence-corrected chi connectivity index (χ0v) is 30.7. The Bertz CT molecular complexity index is 2910. The monoisotopic (exact) mass is 712 g/mol. The fourth-order valence-corrected chi connectivity index (χ4v) is 8.48. The Morgan fingerprint density at radius 2 is 0.393 bits per heavy atom. The van der Waals surface area contributed by atoms with E-state index in [0.29, 0.717) is 0 Å². The van der Waals surface area contributed by atoms with Gasteiger partial charge in [-0.3, -0.25) is 0 Å². The van der Waals surface area contributed by atoms with Crippen LogP contribution >= 0.6 is 0 Å². The van der Waals surface area contributed by atoms with E-state index in [9.17, 15) is 0 Å². The van der Waals surface area contributed by atoms with Crippen molar-refractivity contribution in [1.82, 2.24) is 0 Å². The van der Waals surface area contributed by atoms with Crippen LogP contribution in [0.5, 0.6) is 0 Å². The van der Waals surface area contributed by atoms with Gasteiger partial charge in [0.2, 0.25) is 0 Å². The predicted octanol–water partition coefficient (Wildman–Crippen LogP) is 15.5. The van der Waals surface area contributed by atoms with Crippen LogP contribution in [0, 0.1) is 0 Å². The van der Waals surface area contributed by atoms with E-state index in [4.69, 9.17) is 0 Å². The van der Waals surface area contributed by atoms with Gasteiger partial charge in [-0.05, 0) is 137 Å². The number of anilines is 6. The van der Waals surface area contributed by atoms with E-state index in [1.165, 1.54) is 64.6 Å². The summed E-state index contributed by atoms with van der Waals surface area (Å²) in [7, 11) is 0. The largest absolute Gasteiger partial charge is 0.310 e. The number of nitrogens with zero attached hydrogens (tertiary/aromatic N) is 2. The zero-order chi connectivity index (χ0) is 37.0. The van der Waals surface area contributed by atoms with Crippen molar-refractivity contribution in [2.24, 2.45) is 0 Å². The maximum Gasteiger partial charge on any atom is 0.0468 e. The van der Waals surface area contributed by atoms with Crippen LogP contribution < -0.4 is 9.80 Å². The molecule has 2 nitrogen and oxygen atoms in total. The molecule has 11 aromatic carbocycles. The Hall–Kier alpha value is -7.42. The van der Waals surface area contributed by atoms with Crippen molar-refractivity contribution in [2.75, 3.05) is 9.80 Å². The summed E-state index contributed by atoms with van der Waals surface area (Å²) in [6.45, 7) is 0. The summed E-state index contributed by atoms with van der Waals surface area (Å²) in [5.41, 5.74) is 6.77. The van der Waals surface area contributed by atoms with Gasteiger partial charge in [0.1, 0.15) is 0 Å². The molecule has 0 unspecified atom stereocenters. The third-order valence-electron chi connectivity index (χ3n) is 11.3. The lowest BCUT2D eigenvalue weighted by Crippen LogP contribution is -2.10. The molecule has 0 saturated carbocycles. The SMILES string of the molecule is c1ccc2cc(N(c3ccc4ccccc4c3)c3ccc4c(ccc5cc(N(c6ccc7ccccc7c6)c6ccc7ccccc7c6)ccc54)c3)ccc2c1. The molecule has 0 aliphatic rings. The normalized spacial score (nSPS) is 11.6. The molecule has 0 amide bonds. The van der Waals surface area contributed by atoms with Crippen molar-refractivity contribution in [3.8, 4) is 0 Å². The molecule has 0 aliphatic heterocycles. The fourth-order valence-electron chi connectivity index (χ4n) is 8.48. The van der Waals surface area contributed by atoms with Crippen LogP contribution in [0.3, 0.4) is 0 Å². The Morgan fingerprint density at radius 3 is 0.679 bits per heavy atom. The maximum atomic E-state index is 2.39. The van der Waals surface area contributed by atoms with Gasteiger partial charge in [0.05, 0.1) is 0 Å². The smallest absolute Gasteiger partial charge is 0.0468 e. The van der Waals surface area contributed by atoms with Crippen LogP contribution in [-0.2, 0) is 0 Å². The number of hydrogen-bond donors (Lipinski definition) is 0. The number of hydrogen-bond acceptors (Lipinski definition) is 2. The third-order valence-corrected chi connectivity index (χ3v) is 11.3. The summed E-state index contributed by atoms with van der Waals surface area (Å²) in [4.78, 5) is 4.77. The Morgan fingerprint density at radius 1 is 0.179 bits per heavy atom. The highest BCUT2D eigenvalue weighted by molar-refractivity contribution is 6.10. The minimum atomic E-state index is 1.12. The second-order valence-electron chi connectivity index (χ2n) is 14.7. The molecule has 2 heteroatoms. The van der Waals surface area contributed by atoms with Gasteiger partial charge in [0.15, 0.2) is 0 Å². The van der Waals surface area contributed by atoms with Gasteiger partial charge < -0.3 is 9.80 Å². The maximum absolute atomic E-state index is 2.39. The fraction of sp³-hybridized carbons (Fsp3) is 0. The summed E-state index contributed by atoms with van der Waals surface area (Å²) >= 11 is 0. The van der Waals surface area contributed by atoms with Crippen LogP contribution in [0.4, 0.5) is 34.1 Å². The molecule has 11 rings (SSSR count).